The fraction of sp³-hybridized carbons (Fsp3) is 0.577. The number of amidine groups is 1. The predicted molar refractivity (Wildman–Crippen MR) is 137 cm³/mol. The Morgan fingerprint density at radius 1 is 0.973 bits per heavy atom. The number of ether oxygens (including phenoxy) is 4. The van der Waals surface area contributed by atoms with Crippen LogP contribution in [0.4, 0.5) is 14.4 Å². The lowest BCUT2D eigenvalue weighted by atomic mass is 10.1. The zero-order valence-corrected chi connectivity index (χ0v) is 23.0. The fourth-order valence-electron chi connectivity index (χ4n) is 2.98. The summed E-state index contributed by atoms with van der Waals surface area (Å²) in [6, 6.07) is 8.17. The molecule has 1 atom stereocenters. The van der Waals surface area contributed by atoms with Crippen LogP contribution < -0.4 is 5.32 Å². The quantitative estimate of drug-likeness (QED) is 0.223. The molecule has 1 rings (SSSR count). The van der Waals surface area contributed by atoms with Crippen LogP contribution in [0, 0.1) is 0 Å². The molecular weight excluding hydrogens is 482 g/mol. The van der Waals surface area contributed by atoms with Gasteiger partial charge in [-0.25, -0.2) is 19.2 Å². The van der Waals surface area contributed by atoms with Crippen molar-refractivity contribution in [2.45, 2.75) is 84.7 Å². The van der Waals surface area contributed by atoms with Gasteiger partial charge < -0.3 is 18.9 Å². The molecule has 0 heterocycles. The zero-order valence-electron chi connectivity index (χ0n) is 23.0. The molecule has 11 nitrogen and oxygen atoms in total. The van der Waals surface area contributed by atoms with Gasteiger partial charge in [0.1, 0.15) is 29.7 Å². The van der Waals surface area contributed by atoms with Gasteiger partial charge in [-0.3, -0.25) is 10.2 Å². The van der Waals surface area contributed by atoms with Crippen molar-refractivity contribution < 1.29 is 38.1 Å². The molecule has 0 saturated carbocycles. The van der Waals surface area contributed by atoms with Crippen LogP contribution in [-0.2, 0) is 30.3 Å². The van der Waals surface area contributed by atoms with E-state index in [9.17, 15) is 19.2 Å². The predicted octanol–water partition coefficient (Wildman–Crippen LogP) is 4.83. The number of nitrogens with one attached hydrogen (secondary N) is 1. The van der Waals surface area contributed by atoms with Crippen molar-refractivity contribution in [3.63, 3.8) is 0 Å². The first-order valence-corrected chi connectivity index (χ1v) is 11.9. The molecule has 0 aliphatic heterocycles. The van der Waals surface area contributed by atoms with E-state index in [0.29, 0.717) is 0 Å². The molecule has 1 N–H and O–H groups in total. The lowest BCUT2D eigenvalue weighted by Crippen LogP contribution is -2.43. The van der Waals surface area contributed by atoms with Gasteiger partial charge in [-0.15, -0.1) is 0 Å². The summed E-state index contributed by atoms with van der Waals surface area (Å²) in [5.41, 5.74) is -0.744. The molecule has 0 bridgehead atoms. The Kier molecular flexibility index (Phi) is 12.0. The molecule has 1 aromatic rings. The summed E-state index contributed by atoms with van der Waals surface area (Å²) in [7, 11) is 2.65. The number of likely N-dealkylation sites (N-methyl/N-ethyl adjacent to an activating group) is 1. The smallest absolute Gasteiger partial charge is 0.435 e. The van der Waals surface area contributed by atoms with Crippen molar-refractivity contribution in [2.24, 2.45) is 4.99 Å². The highest BCUT2D eigenvalue weighted by Crippen LogP contribution is 2.14. The van der Waals surface area contributed by atoms with Gasteiger partial charge in [0, 0.05) is 13.5 Å². The summed E-state index contributed by atoms with van der Waals surface area (Å²) >= 11 is 0. The summed E-state index contributed by atoms with van der Waals surface area (Å²) < 4.78 is 20.6. The Balaban J connectivity index is 2.89. The summed E-state index contributed by atoms with van der Waals surface area (Å²) in [5, 5.41) is 2.46. The SMILES string of the molecule is COC(=O)[C@H](CCCC(=NC(=O)OC(C)(C)C)NC(=O)OC(C)(C)C)N(C)C(=O)OCc1ccccc1. The number of amides is 3. The van der Waals surface area contributed by atoms with Gasteiger partial charge >= 0.3 is 24.2 Å². The first-order valence-electron chi connectivity index (χ1n) is 11.9. The first kappa shape index (κ1) is 31.4. The van der Waals surface area contributed by atoms with Gasteiger partial charge in [-0.05, 0) is 59.9 Å². The number of aliphatic imine (C=N–C) groups is 1. The number of carbonyl (C=O) groups is 4. The number of nitrogens with zero attached hydrogens (tertiary/aromatic N) is 2. The van der Waals surface area contributed by atoms with Crippen LogP contribution in [0.15, 0.2) is 35.3 Å². The Morgan fingerprint density at radius 2 is 1.57 bits per heavy atom. The minimum absolute atomic E-state index is 0.00132. The Hall–Kier alpha value is -3.63. The average Bonchev–Trinajstić information content (AvgIpc) is 2.77. The van der Waals surface area contributed by atoms with Gasteiger partial charge in [0.2, 0.25) is 0 Å². The topological polar surface area (TPSA) is 133 Å². The second-order valence-electron chi connectivity index (χ2n) is 10.2. The van der Waals surface area contributed by atoms with E-state index in [0.717, 1.165) is 10.5 Å². The number of benzene rings is 1. The molecule has 3 amide bonds. The van der Waals surface area contributed by atoms with Crippen molar-refractivity contribution in [1.29, 1.82) is 0 Å². The Bertz CT molecular complexity index is 949. The van der Waals surface area contributed by atoms with Crippen LogP contribution in [0.1, 0.15) is 66.4 Å². The number of rotatable bonds is 8. The third-order valence-electron chi connectivity index (χ3n) is 4.59. The van der Waals surface area contributed by atoms with Crippen LogP contribution in [0.25, 0.3) is 0 Å². The van der Waals surface area contributed by atoms with E-state index >= 15 is 0 Å². The van der Waals surface area contributed by atoms with E-state index in [2.05, 4.69) is 10.3 Å². The number of carbonyl (C=O) groups excluding carboxylic acids is 4. The van der Waals surface area contributed by atoms with Crippen molar-refractivity contribution in [3.8, 4) is 0 Å². The van der Waals surface area contributed by atoms with E-state index in [-0.39, 0.29) is 31.7 Å². The molecule has 11 heteroatoms. The second-order valence-corrected chi connectivity index (χ2v) is 10.2. The summed E-state index contributed by atoms with van der Waals surface area (Å²) in [5.74, 6) is -0.633. The maximum absolute atomic E-state index is 12.6. The van der Waals surface area contributed by atoms with Gasteiger partial charge in [0.25, 0.3) is 0 Å². The van der Waals surface area contributed by atoms with E-state index < -0.39 is 41.5 Å². The molecule has 206 valence electrons. The molecule has 0 aliphatic carbocycles. The Labute approximate surface area is 218 Å². The van der Waals surface area contributed by atoms with Crippen LogP contribution in [0.2, 0.25) is 0 Å². The van der Waals surface area contributed by atoms with Crippen LogP contribution >= 0.6 is 0 Å². The molecular formula is C26H39N3O8. The highest BCUT2D eigenvalue weighted by molar-refractivity contribution is 6.00. The summed E-state index contributed by atoms with van der Waals surface area (Å²) in [6.07, 6.45) is -1.89. The third kappa shape index (κ3) is 13.3. The van der Waals surface area contributed by atoms with Gasteiger partial charge in [-0.2, -0.15) is 4.99 Å². The molecule has 0 unspecified atom stereocenters. The minimum Gasteiger partial charge on any atom is -0.467 e. The lowest BCUT2D eigenvalue weighted by molar-refractivity contribution is -0.146. The second kappa shape index (κ2) is 14.2. The number of esters is 1. The Morgan fingerprint density at radius 3 is 2.11 bits per heavy atom. The number of methoxy groups -OCH3 is 1. The van der Waals surface area contributed by atoms with Crippen molar-refractivity contribution in [3.05, 3.63) is 35.9 Å². The van der Waals surface area contributed by atoms with Gasteiger partial charge in [0.15, 0.2) is 0 Å². The van der Waals surface area contributed by atoms with Crippen LogP contribution in [-0.4, -0.2) is 66.4 Å². The van der Waals surface area contributed by atoms with Crippen LogP contribution in [0.5, 0.6) is 0 Å². The average molecular weight is 522 g/mol. The van der Waals surface area contributed by atoms with Crippen molar-refractivity contribution in [2.75, 3.05) is 14.2 Å². The molecule has 0 radical (unpaired) electrons. The van der Waals surface area contributed by atoms with E-state index in [1.165, 1.54) is 14.2 Å². The van der Waals surface area contributed by atoms with E-state index in [4.69, 9.17) is 18.9 Å². The molecule has 37 heavy (non-hydrogen) atoms. The highest BCUT2D eigenvalue weighted by Gasteiger charge is 2.29. The summed E-state index contributed by atoms with van der Waals surface area (Å²) in [4.78, 5) is 54.5. The van der Waals surface area contributed by atoms with Crippen molar-refractivity contribution >= 4 is 30.1 Å². The molecule has 0 aliphatic rings. The number of alkyl carbamates (subject to hydrolysis) is 1. The number of hydrogen-bond donors (Lipinski definition) is 1. The highest BCUT2D eigenvalue weighted by atomic mass is 16.6. The van der Waals surface area contributed by atoms with E-state index in [1.807, 2.05) is 30.3 Å². The normalized spacial score (nSPS) is 12.7. The maximum Gasteiger partial charge on any atom is 0.435 e. The van der Waals surface area contributed by atoms with Crippen LogP contribution in [0.3, 0.4) is 0 Å². The first-order chi connectivity index (χ1) is 17.1. The number of hydrogen-bond acceptors (Lipinski definition) is 8. The largest absolute Gasteiger partial charge is 0.467 e. The molecule has 1 aromatic carbocycles. The fourth-order valence-corrected chi connectivity index (χ4v) is 2.98. The lowest BCUT2D eigenvalue weighted by Gasteiger charge is -2.25. The van der Waals surface area contributed by atoms with E-state index in [1.54, 1.807) is 41.5 Å². The third-order valence-corrected chi connectivity index (χ3v) is 4.59. The minimum atomic E-state index is -0.961. The van der Waals surface area contributed by atoms with Crippen molar-refractivity contribution in [1.82, 2.24) is 10.2 Å². The molecule has 0 spiro atoms. The zero-order chi connectivity index (χ0) is 28.2. The monoisotopic (exact) mass is 521 g/mol. The summed E-state index contributed by atoms with van der Waals surface area (Å²) in [6.45, 7) is 10.2. The maximum atomic E-state index is 12.6. The standard InChI is InChI=1S/C26H39N3O8/c1-25(2,3)36-22(31)27-20(28-23(32)37-26(4,5)6)16-12-15-19(21(30)34-8)29(7)24(33)35-17-18-13-10-9-11-14-18/h9-11,13-14,19H,12,15-17H2,1-8H3,(H,27,28,31,32)/t19-/m0/s1. The van der Waals surface area contributed by atoms with Gasteiger partial charge in [-0.1, -0.05) is 30.3 Å². The molecule has 0 saturated heterocycles. The molecule has 0 fully saturated rings. The molecule has 0 aromatic heterocycles. The van der Waals surface area contributed by atoms with Gasteiger partial charge in [0.05, 0.1) is 7.11 Å².